The SMILES string of the molecule is CC1CCN(C(=O)CCc2cccc(F)c2)CC1O. The van der Waals surface area contributed by atoms with Gasteiger partial charge in [-0.15, -0.1) is 0 Å². The van der Waals surface area contributed by atoms with Crippen LogP contribution in [0, 0.1) is 11.7 Å². The Bertz CT molecular complexity index is 450. The first-order valence-electron chi connectivity index (χ1n) is 6.76. The van der Waals surface area contributed by atoms with Crippen LogP contribution in [-0.4, -0.2) is 35.1 Å². The van der Waals surface area contributed by atoms with Crippen LogP contribution < -0.4 is 0 Å². The Morgan fingerprint density at radius 3 is 3.00 bits per heavy atom. The normalized spacial score (nSPS) is 23.4. The molecule has 0 aromatic heterocycles. The third-order valence-electron chi connectivity index (χ3n) is 3.79. The predicted octanol–water partition coefficient (Wildman–Crippen LogP) is 1.99. The Labute approximate surface area is 113 Å². The fourth-order valence-corrected chi connectivity index (χ4v) is 2.38. The molecule has 1 aromatic rings. The van der Waals surface area contributed by atoms with E-state index in [1.165, 1.54) is 12.1 Å². The predicted molar refractivity (Wildman–Crippen MR) is 71.1 cm³/mol. The molecule has 1 heterocycles. The van der Waals surface area contributed by atoms with Crippen molar-refractivity contribution in [3.63, 3.8) is 0 Å². The van der Waals surface area contributed by atoms with Crippen LogP contribution in [0.3, 0.4) is 0 Å². The topological polar surface area (TPSA) is 40.5 Å². The van der Waals surface area contributed by atoms with Gasteiger partial charge in [-0.1, -0.05) is 19.1 Å². The monoisotopic (exact) mass is 265 g/mol. The number of carbonyl (C=O) groups excluding carboxylic acids is 1. The fourth-order valence-electron chi connectivity index (χ4n) is 2.38. The Morgan fingerprint density at radius 2 is 2.32 bits per heavy atom. The van der Waals surface area contributed by atoms with Crippen molar-refractivity contribution in [1.82, 2.24) is 4.90 Å². The number of amides is 1. The van der Waals surface area contributed by atoms with E-state index < -0.39 is 6.10 Å². The molecule has 0 radical (unpaired) electrons. The average molecular weight is 265 g/mol. The summed E-state index contributed by atoms with van der Waals surface area (Å²) in [5.74, 6) is 0.0228. The molecule has 19 heavy (non-hydrogen) atoms. The number of rotatable bonds is 3. The Hall–Kier alpha value is -1.42. The van der Waals surface area contributed by atoms with Crippen molar-refractivity contribution in [2.45, 2.75) is 32.3 Å². The van der Waals surface area contributed by atoms with Crippen LogP contribution in [0.15, 0.2) is 24.3 Å². The van der Waals surface area contributed by atoms with E-state index in [9.17, 15) is 14.3 Å². The second-order valence-corrected chi connectivity index (χ2v) is 5.30. The Balaban J connectivity index is 1.84. The highest BCUT2D eigenvalue weighted by atomic mass is 19.1. The number of β-amino-alcohol motifs (C(OH)–C–C–N with tert-alkyl or cyclic N) is 1. The average Bonchev–Trinajstić information content (AvgIpc) is 2.39. The lowest BCUT2D eigenvalue weighted by molar-refractivity contribution is -0.135. The van der Waals surface area contributed by atoms with Gasteiger partial charge in [0.1, 0.15) is 5.82 Å². The number of hydrogen-bond acceptors (Lipinski definition) is 2. The largest absolute Gasteiger partial charge is 0.391 e. The standard InChI is InChI=1S/C15H20FNO2/c1-11-7-8-17(10-14(11)18)15(19)6-5-12-3-2-4-13(16)9-12/h2-4,9,11,14,18H,5-8,10H2,1H3. The number of benzene rings is 1. The molecule has 3 nitrogen and oxygen atoms in total. The molecule has 1 aromatic carbocycles. The van der Waals surface area contributed by atoms with Crippen LogP contribution in [0.25, 0.3) is 0 Å². The third-order valence-corrected chi connectivity index (χ3v) is 3.79. The summed E-state index contributed by atoms with van der Waals surface area (Å²) in [6.45, 7) is 3.13. The van der Waals surface area contributed by atoms with Crippen molar-refractivity contribution >= 4 is 5.91 Å². The van der Waals surface area contributed by atoms with E-state index in [2.05, 4.69) is 0 Å². The molecule has 1 aliphatic heterocycles. The molecule has 0 bridgehead atoms. The summed E-state index contributed by atoms with van der Waals surface area (Å²) in [5.41, 5.74) is 0.833. The van der Waals surface area contributed by atoms with Gasteiger partial charge in [0.05, 0.1) is 6.10 Å². The zero-order chi connectivity index (χ0) is 13.8. The van der Waals surface area contributed by atoms with Gasteiger partial charge in [0.15, 0.2) is 0 Å². The van der Waals surface area contributed by atoms with Gasteiger partial charge >= 0.3 is 0 Å². The molecule has 2 rings (SSSR count). The van der Waals surface area contributed by atoms with E-state index in [1.807, 2.05) is 13.0 Å². The summed E-state index contributed by atoms with van der Waals surface area (Å²) < 4.78 is 13.0. The first-order chi connectivity index (χ1) is 9.06. The third kappa shape index (κ3) is 3.77. The number of halogens is 1. The molecule has 2 unspecified atom stereocenters. The minimum atomic E-state index is -0.424. The van der Waals surface area contributed by atoms with Crippen molar-refractivity contribution in [2.75, 3.05) is 13.1 Å². The molecule has 104 valence electrons. The van der Waals surface area contributed by atoms with Crippen LogP contribution in [-0.2, 0) is 11.2 Å². The molecule has 0 aliphatic carbocycles. The number of likely N-dealkylation sites (tertiary alicyclic amines) is 1. The zero-order valence-corrected chi connectivity index (χ0v) is 11.2. The number of aliphatic hydroxyl groups excluding tert-OH is 1. The number of piperidine rings is 1. The first-order valence-corrected chi connectivity index (χ1v) is 6.76. The number of hydrogen-bond donors (Lipinski definition) is 1. The first kappa shape index (κ1) is 14.0. The summed E-state index contributed by atoms with van der Waals surface area (Å²) in [5, 5.41) is 9.78. The maximum absolute atomic E-state index is 13.0. The fraction of sp³-hybridized carbons (Fsp3) is 0.533. The van der Waals surface area contributed by atoms with Gasteiger partial charge in [0, 0.05) is 19.5 Å². The van der Waals surface area contributed by atoms with Gasteiger partial charge in [0.25, 0.3) is 0 Å². The van der Waals surface area contributed by atoms with Crippen LogP contribution in [0.2, 0.25) is 0 Å². The summed E-state index contributed by atoms with van der Waals surface area (Å²) in [6, 6.07) is 6.33. The number of carbonyl (C=O) groups is 1. The maximum Gasteiger partial charge on any atom is 0.222 e. The highest BCUT2D eigenvalue weighted by Gasteiger charge is 2.26. The molecule has 0 spiro atoms. The molecule has 1 fully saturated rings. The molecule has 1 saturated heterocycles. The minimum Gasteiger partial charge on any atom is -0.391 e. The number of nitrogens with zero attached hydrogens (tertiary/aromatic N) is 1. The lowest BCUT2D eigenvalue weighted by atomic mass is 9.95. The van der Waals surface area contributed by atoms with Crippen molar-refractivity contribution in [2.24, 2.45) is 5.92 Å². The summed E-state index contributed by atoms with van der Waals surface area (Å²) in [7, 11) is 0. The lowest BCUT2D eigenvalue weighted by Gasteiger charge is -2.34. The van der Waals surface area contributed by atoms with E-state index >= 15 is 0 Å². The highest BCUT2D eigenvalue weighted by molar-refractivity contribution is 5.76. The van der Waals surface area contributed by atoms with Crippen LogP contribution in [0.4, 0.5) is 4.39 Å². The quantitative estimate of drug-likeness (QED) is 0.908. The van der Waals surface area contributed by atoms with Gasteiger partial charge < -0.3 is 10.0 Å². The molecule has 2 atom stereocenters. The Kier molecular flexibility index (Phi) is 4.53. The molecular weight excluding hydrogens is 245 g/mol. The van der Waals surface area contributed by atoms with Crippen molar-refractivity contribution in [3.8, 4) is 0 Å². The Morgan fingerprint density at radius 1 is 1.53 bits per heavy atom. The molecule has 1 aliphatic rings. The van der Waals surface area contributed by atoms with Crippen LogP contribution in [0.5, 0.6) is 0 Å². The summed E-state index contributed by atoms with van der Waals surface area (Å²) >= 11 is 0. The van der Waals surface area contributed by atoms with E-state index in [0.717, 1.165) is 12.0 Å². The van der Waals surface area contributed by atoms with Gasteiger partial charge in [-0.3, -0.25) is 4.79 Å². The summed E-state index contributed by atoms with van der Waals surface area (Å²) in [6.07, 6.45) is 1.32. The zero-order valence-electron chi connectivity index (χ0n) is 11.2. The molecule has 1 amide bonds. The highest BCUT2D eigenvalue weighted by Crippen LogP contribution is 2.18. The van der Waals surface area contributed by atoms with E-state index in [0.29, 0.717) is 25.9 Å². The molecule has 1 N–H and O–H groups in total. The number of aryl methyl sites for hydroxylation is 1. The van der Waals surface area contributed by atoms with Crippen LogP contribution >= 0.6 is 0 Å². The number of aliphatic hydroxyl groups is 1. The molecule has 4 heteroatoms. The smallest absolute Gasteiger partial charge is 0.222 e. The van der Waals surface area contributed by atoms with Crippen molar-refractivity contribution in [3.05, 3.63) is 35.6 Å². The maximum atomic E-state index is 13.0. The molecule has 0 saturated carbocycles. The van der Waals surface area contributed by atoms with E-state index in [4.69, 9.17) is 0 Å². The van der Waals surface area contributed by atoms with Gasteiger partial charge in [-0.05, 0) is 36.5 Å². The molecular formula is C15H20FNO2. The lowest BCUT2D eigenvalue weighted by Crippen LogP contribution is -2.45. The van der Waals surface area contributed by atoms with Crippen LogP contribution in [0.1, 0.15) is 25.3 Å². The van der Waals surface area contributed by atoms with Crippen molar-refractivity contribution in [1.29, 1.82) is 0 Å². The second-order valence-electron chi connectivity index (χ2n) is 5.30. The summed E-state index contributed by atoms with van der Waals surface area (Å²) in [4.78, 5) is 13.7. The van der Waals surface area contributed by atoms with E-state index in [-0.39, 0.29) is 17.6 Å². The van der Waals surface area contributed by atoms with Gasteiger partial charge in [-0.2, -0.15) is 0 Å². The van der Waals surface area contributed by atoms with Gasteiger partial charge in [0.2, 0.25) is 5.91 Å². The van der Waals surface area contributed by atoms with Gasteiger partial charge in [-0.25, -0.2) is 4.39 Å². The second kappa shape index (κ2) is 6.15. The minimum absolute atomic E-state index is 0.0372. The van der Waals surface area contributed by atoms with Crippen molar-refractivity contribution < 1.29 is 14.3 Å². The van der Waals surface area contributed by atoms with E-state index in [1.54, 1.807) is 11.0 Å².